The van der Waals surface area contributed by atoms with Gasteiger partial charge in [-0.25, -0.2) is 9.48 Å². The zero-order chi connectivity index (χ0) is 19.5. The van der Waals surface area contributed by atoms with Gasteiger partial charge in [0.15, 0.2) is 5.82 Å². The molecule has 1 aliphatic carbocycles. The zero-order valence-electron chi connectivity index (χ0n) is 15.5. The molecule has 9 nitrogen and oxygen atoms in total. The molecule has 3 aromatic rings. The molecule has 0 bridgehead atoms. The van der Waals surface area contributed by atoms with Crippen LogP contribution in [0, 0.1) is 0 Å². The lowest BCUT2D eigenvalue weighted by molar-refractivity contribution is 0.0954. The number of pyridine rings is 1. The maximum absolute atomic E-state index is 12.8. The van der Waals surface area contributed by atoms with Crippen molar-refractivity contribution in [2.45, 2.75) is 45.2 Å². The number of rotatable bonds is 8. The Hall–Kier alpha value is -2.88. The van der Waals surface area contributed by atoms with Gasteiger partial charge in [0.2, 0.25) is 0 Å². The maximum atomic E-state index is 12.8. The van der Waals surface area contributed by atoms with E-state index in [1.807, 2.05) is 19.1 Å². The van der Waals surface area contributed by atoms with Crippen LogP contribution in [0.1, 0.15) is 47.6 Å². The first-order valence-electron chi connectivity index (χ1n) is 9.38. The van der Waals surface area contributed by atoms with Crippen LogP contribution in [0.3, 0.4) is 0 Å². The molecule has 4 rings (SSSR count). The van der Waals surface area contributed by atoms with Crippen molar-refractivity contribution in [3.8, 4) is 11.4 Å². The first-order valence-corrected chi connectivity index (χ1v) is 10.2. The van der Waals surface area contributed by atoms with E-state index in [-0.39, 0.29) is 17.6 Å². The van der Waals surface area contributed by atoms with Gasteiger partial charge in [0.1, 0.15) is 4.88 Å². The van der Waals surface area contributed by atoms with Crippen molar-refractivity contribution in [2.75, 3.05) is 6.54 Å². The zero-order valence-corrected chi connectivity index (χ0v) is 16.4. The molecule has 10 heteroatoms. The van der Waals surface area contributed by atoms with Crippen molar-refractivity contribution in [2.24, 2.45) is 0 Å². The van der Waals surface area contributed by atoms with Gasteiger partial charge in [-0.2, -0.15) is 0 Å². The molecule has 0 unspecified atom stereocenters. The van der Waals surface area contributed by atoms with Crippen molar-refractivity contribution in [1.82, 2.24) is 34.2 Å². The fourth-order valence-corrected chi connectivity index (χ4v) is 3.68. The van der Waals surface area contributed by atoms with Crippen LogP contribution in [0.5, 0.6) is 0 Å². The molecule has 1 amide bonds. The van der Waals surface area contributed by atoms with Gasteiger partial charge in [0.25, 0.3) is 5.91 Å². The summed E-state index contributed by atoms with van der Waals surface area (Å²) in [5.41, 5.74) is 1.38. The monoisotopic (exact) mass is 399 g/mol. The van der Waals surface area contributed by atoms with E-state index in [9.17, 15) is 9.59 Å². The van der Waals surface area contributed by atoms with E-state index in [2.05, 4.69) is 25.0 Å². The van der Waals surface area contributed by atoms with E-state index in [0.29, 0.717) is 23.8 Å². The Kier molecular flexibility index (Phi) is 5.29. The van der Waals surface area contributed by atoms with Gasteiger partial charge in [-0.15, -0.1) is 10.2 Å². The predicted octanol–water partition coefficient (Wildman–Crippen LogP) is 1.68. The standard InChI is InChI=1S/C18H21N7O2S/c1-2-4-14-15(28-23-21-14)17(26)20-9-10-24-18(27)25(13-6-7-13)16(22-24)12-5-3-8-19-11-12/h3,5,8,11,13H,2,4,6-7,9-10H2,1H3,(H,20,26). The molecule has 0 spiro atoms. The number of aromatic nitrogens is 6. The van der Waals surface area contributed by atoms with Crippen molar-refractivity contribution in [3.63, 3.8) is 0 Å². The number of aryl methyl sites for hydroxylation is 1. The summed E-state index contributed by atoms with van der Waals surface area (Å²) in [6.45, 7) is 2.63. The third-order valence-electron chi connectivity index (χ3n) is 4.56. The first kappa shape index (κ1) is 18.5. The van der Waals surface area contributed by atoms with Crippen LogP contribution in [0.25, 0.3) is 11.4 Å². The number of nitrogens with one attached hydrogen (secondary N) is 1. The van der Waals surface area contributed by atoms with Crippen LogP contribution in [0.15, 0.2) is 29.3 Å². The van der Waals surface area contributed by atoms with Gasteiger partial charge < -0.3 is 5.32 Å². The van der Waals surface area contributed by atoms with E-state index in [0.717, 1.165) is 48.5 Å². The van der Waals surface area contributed by atoms with E-state index in [1.54, 1.807) is 17.0 Å². The Morgan fingerprint density at radius 3 is 2.96 bits per heavy atom. The van der Waals surface area contributed by atoms with Crippen molar-refractivity contribution in [3.05, 3.63) is 45.6 Å². The Bertz CT molecular complexity index is 1020. The van der Waals surface area contributed by atoms with Crippen LogP contribution in [-0.2, 0) is 13.0 Å². The SMILES string of the molecule is CCCc1nnsc1C(=O)NCCn1nc(-c2cccnc2)n(C2CC2)c1=O. The number of carbonyl (C=O) groups excluding carboxylic acids is 1. The summed E-state index contributed by atoms with van der Waals surface area (Å²) in [6.07, 6.45) is 6.98. The van der Waals surface area contributed by atoms with Crippen molar-refractivity contribution >= 4 is 17.4 Å². The summed E-state index contributed by atoms with van der Waals surface area (Å²) in [6, 6.07) is 3.92. The molecule has 1 N–H and O–H groups in total. The van der Waals surface area contributed by atoms with Crippen LogP contribution in [0.4, 0.5) is 0 Å². The van der Waals surface area contributed by atoms with Crippen LogP contribution in [0.2, 0.25) is 0 Å². The molecule has 0 aliphatic heterocycles. The summed E-state index contributed by atoms with van der Waals surface area (Å²) in [7, 11) is 0. The number of amides is 1. The molecule has 0 radical (unpaired) electrons. The molecule has 146 valence electrons. The minimum Gasteiger partial charge on any atom is -0.349 e. The summed E-state index contributed by atoms with van der Waals surface area (Å²) in [4.78, 5) is 29.8. The number of hydrogen-bond donors (Lipinski definition) is 1. The van der Waals surface area contributed by atoms with Crippen LogP contribution < -0.4 is 11.0 Å². The highest BCUT2D eigenvalue weighted by atomic mass is 32.1. The van der Waals surface area contributed by atoms with Gasteiger partial charge in [0.05, 0.1) is 12.2 Å². The number of carbonyl (C=O) groups is 1. The van der Waals surface area contributed by atoms with Gasteiger partial charge >= 0.3 is 5.69 Å². The molecule has 1 fully saturated rings. The quantitative estimate of drug-likeness (QED) is 0.617. The lowest BCUT2D eigenvalue weighted by Gasteiger charge is -2.04. The lowest BCUT2D eigenvalue weighted by Crippen LogP contribution is -2.32. The normalized spacial score (nSPS) is 13.6. The van der Waals surface area contributed by atoms with Crippen LogP contribution >= 0.6 is 11.5 Å². The van der Waals surface area contributed by atoms with Crippen molar-refractivity contribution < 1.29 is 4.79 Å². The smallest absolute Gasteiger partial charge is 0.346 e. The summed E-state index contributed by atoms with van der Waals surface area (Å²) in [5.74, 6) is 0.421. The van der Waals surface area contributed by atoms with Gasteiger partial charge in [-0.3, -0.25) is 14.3 Å². The fourth-order valence-electron chi connectivity index (χ4n) is 3.06. The Balaban J connectivity index is 1.47. The molecule has 1 aliphatic rings. The summed E-state index contributed by atoms with van der Waals surface area (Å²) < 4.78 is 7.03. The minimum atomic E-state index is -0.208. The second-order valence-corrected chi connectivity index (χ2v) is 7.48. The predicted molar refractivity (Wildman–Crippen MR) is 104 cm³/mol. The average molecular weight is 399 g/mol. The Morgan fingerprint density at radius 1 is 1.39 bits per heavy atom. The molecule has 3 aromatic heterocycles. The van der Waals surface area contributed by atoms with Crippen LogP contribution in [-0.4, -0.2) is 41.4 Å². The maximum Gasteiger partial charge on any atom is 0.346 e. The molecule has 28 heavy (non-hydrogen) atoms. The first-order chi connectivity index (χ1) is 13.7. The largest absolute Gasteiger partial charge is 0.349 e. The molecular formula is C18H21N7O2S. The second-order valence-electron chi connectivity index (χ2n) is 6.73. The molecule has 3 heterocycles. The molecule has 0 aromatic carbocycles. The summed E-state index contributed by atoms with van der Waals surface area (Å²) in [5, 5.41) is 11.4. The third kappa shape index (κ3) is 3.72. The number of hydrogen-bond acceptors (Lipinski definition) is 7. The summed E-state index contributed by atoms with van der Waals surface area (Å²) >= 11 is 1.09. The minimum absolute atomic E-state index is 0.151. The second kappa shape index (κ2) is 8.01. The van der Waals surface area contributed by atoms with E-state index >= 15 is 0 Å². The fraction of sp³-hybridized carbons (Fsp3) is 0.444. The van der Waals surface area contributed by atoms with E-state index in [4.69, 9.17) is 0 Å². The topological polar surface area (TPSA) is 108 Å². The highest BCUT2D eigenvalue weighted by molar-refractivity contribution is 7.08. The molecule has 0 atom stereocenters. The van der Waals surface area contributed by atoms with Gasteiger partial charge in [0, 0.05) is 30.5 Å². The number of nitrogens with zero attached hydrogens (tertiary/aromatic N) is 6. The van der Waals surface area contributed by atoms with Gasteiger partial charge in [-0.1, -0.05) is 17.8 Å². The average Bonchev–Trinajstić information content (AvgIpc) is 3.34. The lowest BCUT2D eigenvalue weighted by atomic mass is 10.2. The molecule has 1 saturated carbocycles. The van der Waals surface area contributed by atoms with Gasteiger partial charge in [-0.05, 0) is 42.9 Å². The van der Waals surface area contributed by atoms with E-state index in [1.165, 1.54) is 4.68 Å². The molecular weight excluding hydrogens is 378 g/mol. The Labute approximate surface area is 165 Å². The highest BCUT2D eigenvalue weighted by Gasteiger charge is 2.30. The van der Waals surface area contributed by atoms with E-state index < -0.39 is 0 Å². The van der Waals surface area contributed by atoms with Crippen molar-refractivity contribution in [1.29, 1.82) is 0 Å². The third-order valence-corrected chi connectivity index (χ3v) is 5.33. The highest BCUT2D eigenvalue weighted by Crippen LogP contribution is 2.36. The molecule has 0 saturated heterocycles. The Morgan fingerprint density at radius 2 is 2.25 bits per heavy atom.